The maximum Gasteiger partial charge on any atom is 0.310 e. The van der Waals surface area contributed by atoms with Crippen molar-refractivity contribution in [1.82, 2.24) is 0 Å². The fraction of sp³-hybridized carbons (Fsp3) is 0.882. The van der Waals surface area contributed by atoms with Gasteiger partial charge in [0, 0.05) is 0 Å². The smallest absolute Gasteiger partial charge is 0.310 e. The van der Waals surface area contributed by atoms with Gasteiger partial charge in [0.25, 0.3) is 0 Å². The van der Waals surface area contributed by atoms with Crippen molar-refractivity contribution in [3.63, 3.8) is 0 Å². The maximum absolute atomic E-state index is 12.2. The summed E-state index contributed by atoms with van der Waals surface area (Å²) in [4.78, 5) is 24.3. The van der Waals surface area contributed by atoms with Gasteiger partial charge in [-0.2, -0.15) is 0 Å². The van der Waals surface area contributed by atoms with Crippen LogP contribution in [0.5, 0.6) is 0 Å². The number of unbranched alkanes of at least 4 members (excludes halogenated alkanes) is 3. The van der Waals surface area contributed by atoms with Crippen LogP contribution in [0.25, 0.3) is 0 Å². The molecule has 21 heavy (non-hydrogen) atoms. The SMILES string of the molecule is CCCCCCC1CCC(C(=O)OCC)C1C(=O)OCC. The van der Waals surface area contributed by atoms with E-state index in [9.17, 15) is 9.59 Å². The normalized spacial score (nSPS) is 24.8. The lowest BCUT2D eigenvalue weighted by Gasteiger charge is -2.22. The van der Waals surface area contributed by atoms with Crippen LogP contribution in [0, 0.1) is 17.8 Å². The molecule has 0 aromatic heterocycles. The second kappa shape index (κ2) is 9.80. The molecule has 3 atom stereocenters. The Bertz CT molecular complexity index is 327. The molecule has 1 saturated carbocycles. The van der Waals surface area contributed by atoms with E-state index in [1.807, 2.05) is 6.92 Å². The van der Waals surface area contributed by atoms with Crippen LogP contribution in [0.15, 0.2) is 0 Å². The third-order valence-electron chi connectivity index (χ3n) is 4.37. The van der Waals surface area contributed by atoms with E-state index in [1.54, 1.807) is 6.92 Å². The van der Waals surface area contributed by atoms with Crippen molar-refractivity contribution in [2.45, 2.75) is 65.7 Å². The first-order valence-corrected chi connectivity index (χ1v) is 8.48. The zero-order valence-electron chi connectivity index (χ0n) is 13.7. The van der Waals surface area contributed by atoms with Crippen LogP contribution in [0.3, 0.4) is 0 Å². The Labute approximate surface area is 128 Å². The predicted octanol–water partition coefficient (Wildman–Crippen LogP) is 3.73. The fourth-order valence-electron chi connectivity index (χ4n) is 3.35. The van der Waals surface area contributed by atoms with E-state index in [0.29, 0.717) is 13.2 Å². The first-order chi connectivity index (χ1) is 10.2. The average Bonchev–Trinajstić information content (AvgIpc) is 2.88. The van der Waals surface area contributed by atoms with Crippen LogP contribution in [-0.2, 0) is 19.1 Å². The third-order valence-corrected chi connectivity index (χ3v) is 4.37. The van der Waals surface area contributed by atoms with Crippen molar-refractivity contribution in [2.75, 3.05) is 13.2 Å². The fourth-order valence-corrected chi connectivity index (χ4v) is 3.35. The van der Waals surface area contributed by atoms with Crippen molar-refractivity contribution >= 4 is 11.9 Å². The molecule has 0 aliphatic heterocycles. The Hall–Kier alpha value is -1.06. The van der Waals surface area contributed by atoms with Gasteiger partial charge in [0.1, 0.15) is 0 Å². The van der Waals surface area contributed by atoms with Crippen molar-refractivity contribution in [2.24, 2.45) is 17.8 Å². The molecule has 0 aromatic carbocycles. The summed E-state index contributed by atoms with van der Waals surface area (Å²) in [7, 11) is 0. The number of carbonyl (C=O) groups excluding carboxylic acids is 2. The minimum Gasteiger partial charge on any atom is -0.466 e. The number of carbonyl (C=O) groups is 2. The quantitative estimate of drug-likeness (QED) is 0.481. The lowest BCUT2D eigenvalue weighted by Crippen LogP contribution is -2.32. The average molecular weight is 298 g/mol. The van der Waals surface area contributed by atoms with E-state index >= 15 is 0 Å². The van der Waals surface area contributed by atoms with Gasteiger partial charge >= 0.3 is 11.9 Å². The highest BCUT2D eigenvalue weighted by atomic mass is 16.5. The van der Waals surface area contributed by atoms with Crippen LogP contribution >= 0.6 is 0 Å². The number of ether oxygens (including phenoxy) is 2. The van der Waals surface area contributed by atoms with Crippen molar-refractivity contribution in [3.05, 3.63) is 0 Å². The standard InChI is InChI=1S/C17H30O4/c1-4-7-8-9-10-13-11-12-14(16(18)20-5-2)15(13)17(19)21-6-3/h13-15H,4-12H2,1-3H3. The molecule has 0 radical (unpaired) electrons. The van der Waals surface area contributed by atoms with Gasteiger partial charge in [-0.1, -0.05) is 32.6 Å². The second-order valence-electron chi connectivity index (χ2n) is 5.82. The molecule has 4 heteroatoms. The molecule has 0 heterocycles. The molecule has 0 saturated heterocycles. The monoisotopic (exact) mass is 298 g/mol. The van der Waals surface area contributed by atoms with Gasteiger partial charge in [-0.25, -0.2) is 0 Å². The largest absolute Gasteiger partial charge is 0.466 e. The van der Waals surface area contributed by atoms with Crippen molar-refractivity contribution in [1.29, 1.82) is 0 Å². The molecule has 0 N–H and O–H groups in total. The lowest BCUT2D eigenvalue weighted by atomic mass is 9.86. The molecular formula is C17H30O4. The van der Waals surface area contributed by atoms with Gasteiger partial charge in [-0.05, 0) is 39.0 Å². The molecule has 122 valence electrons. The molecule has 4 nitrogen and oxygen atoms in total. The van der Waals surface area contributed by atoms with E-state index < -0.39 is 0 Å². The Morgan fingerprint density at radius 1 is 0.905 bits per heavy atom. The molecule has 3 unspecified atom stereocenters. The minimum absolute atomic E-state index is 0.214. The third kappa shape index (κ3) is 5.33. The van der Waals surface area contributed by atoms with Crippen molar-refractivity contribution < 1.29 is 19.1 Å². The van der Waals surface area contributed by atoms with Crippen LogP contribution in [-0.4, -0.2) is 25.2 Å². The summed E-state index contributed by atoms with van der Waals surface area (Å²) in [6.45, 7) is 6.53. The first kappa shape index (κ1) is 18.0. The van der Waals surface area contributed by atoms with Gasteiger partial charge in [-0.15, -0.1) is 0 Å². The van der Waals surface area contributed by atoms with E-state index in [-0.39, 0.29) is 29.7 Å². The maximum atomic E-state index is 12.2. The summed E-state index contributed by atoms with van der Waals surface area (Å²) in [5.41, 5.74) is 0. The van der Waals surface area contributed by atoms with Crippen molar-refractivity contribution in [3.8, 4) is 0 Å². The summed E-state index contributed by atoms with van der Waals surface area (Å²) in [5.74, 6) is -0.777. The summed E-state index contributed by atoms with van der Waals surface area (Å²) < 4.78 is 10.3. The Balaban J connectivity index is 2.64. The Kier molecular flexibility index (Phi) is 8.40. The zero-order valence-corrected chi connectivity index (χ0v) is 13.7. The summed E-state index contributed by atoms with van der Waals surface area (Å²) in [6.07, 6.45) is 7.46. The highest BCUT2D eigenvalue weighted by molar-refractivity contribution is 5.83. The minimum atomic E-state index is -0.305. The van der Waals surface area contributed by atoms with E-state index in [4.69, 9.17) is 9.47 Å². The van der Waals surface area contributed by atoms with Gasteiger partial charge in [0.05, 0.1) is 25.0 Å². The van der Waals surface area contributed by atoms with E-state index in [1.165, 1.54) is 19.3 Å². The first-order valence-electron chi connectivity index (χ1n) is 8.48. The number of hydrogen-bond donors (Lipinski definition) is 0. The molecule has 1 aliphatic carbocycles. The second-order valence-corrected chi connectivity index (χ2v) is 5.82. The topological polar surface area (TPSA) is 52.6 Å². The highest BCUT2D eigenvalue weighted by Gasteiger charge is 2.45. The van der Waals surface area contributed by atoms with Gasteiger partial charge in [0.15, 0.2) is 0 Å². The van der Waals surface area contributed by atoms with Crippen LogP contribution < -0.4 is 0 Å². The zero-order chi connectivity index (χ0) is 15.7. The molecule has 0 aromatic rings. The van der Waals surface area contributed by atoms with E-state index in [2.05, 4.69) is 6.92 Å². The Morgan fingerprint density at radius 3 is 2.19 bits per heavy atom. The van der Waals surface area contributed by atoms with Gasteiger partial charge in [-0.3, -0.25) is 9.59 Å². The lowest BCUT2D eigenvalue weighted by molar-refractivity contribution is -0.160. The van der Waals surface area contributed by atoms with E-state index in [0.717, 1.165) is 25.7 Å². The highest BCUT2D eigenvalue weighted by Crippen LogP contribution is 2.41. The molecule has 0 spiro atoms. The number of hydrogen-bond acceptors (Lipinski definition) is 4. The molecule has 1 aliphatic rings. The summed E-state index contributed by atoms with van der Waals surface area (Å²) >= 11 is 0. The predicted molar refractivity (Wildman–Crippen MR) is 81.7 cm³/mol. The molecule has 1 rings (SSSR count). The number of esters is 2. The summed E-state index contributed by atoms with van der Waals surface area (Å²) in [6, 6.07) is 0. The van der Waals surface area contributed by atoms with Gasteiger partial charge in [0.2, 0.25) is 0 Å². The molecule has 0 bridgehead atoms. The molecular weight excluding hydrogens is 268 g/mol. The van der Waals surface area contributed by atoms with Crippen LogP contribution in [0.4, 0.5) is 0 Å². The van der Waals surface area contributed by atoms with Crippen LogP contribution in [0.1, 0.15) is 65.7 Å². The van der Waals surface area contributed by atoms with Gasteiger partial charge < -0.3 is 9.47 Å². The summed E-state index contributed by atoms with van der Waals surface area (Å²) in [5, 5.41) is 0. The Morgan fingerprint density at radius 2 is 1.57 bits per heavy atom. The number of rotatable bonds is 9. The molecule has 1 fully saturated rings. The van der Waals surface area contributed by atoms with Crippen LogP contribution in [0.2, 0.25) is 0 Å². The molecule has 0 amide bonds.